The third-order valence-corrected chi connectivity index (χ3v) is 1.93. The van der Waals surface area contributed by atoms with E-state index in [1.54, 1.807) is 6.07 Å². The first-order valence-corrected chi connectivity index (χ1v) is 4.16. The van der Waals surface area contributed by atoms with Gasteiger partial charge in [0.25, 0.3) is 0 Å². The lowest BCUT2D eigenvalue weighted by Gasteiger charge is -2.00. The quantitative estimate of drug-likeness (QED) is 0.538. The lowest BCUT2D eigenvalue weighted by molar-refractivity contribution is 1.21. The molecule has 13 heavy (non-hydrogen) atoms. The van der Waals surface area contributed by atoms with Crippen LogP contribution in [-0.4, -0.2) is 15.0 Å². The maximum Gasteiger partial charge on any atom is 0.224 e. The average molecular weight is 215 g/mol. The molecule has 0 saturated heterocycles. The monoisotopic (exact) mass is 214 g/mol. The number of halogens is 2. The fraction of sp³-hybridized carbons (Fsp3) is 0. The van der Waals surface area contributed by atoms with E-state index in [0.29, 0.717) is 21.9 Å². The summed E-state index contributed by atoms with van der Waals surface area (Å²) >= 11 is 11.3. The first-order chi connectivity index (χ1) is 6.16. The zero-order valence-electron chi connectivity index (χ0n) is 6.33. The Hall–Kier alpha value is -1.13. The van der Waals surface area contributed by atoms with E-state index in [1.165, 1.54) is 6.20 Å². The standard InChI is InChI=1S/C7H4Cl2N4/c8-5-1-3-4(2-11-5)12-7(9)13-6(3)10/h1-2H,(H2,10,12,13). The summed E-state index contributed by atoms with van der Waals surface area (Å²) in [4.78, 5) is 11.6. The number of nitrogens with zero attached hydrogens (tertiary/aromatic N) is 3. The van der Waals surface area contributed by atoms with Gasteiger partial charge in [-0.15, -0.1) is 0 Å². The molecule has 0 radical (unpaired) electrons. The minimum Gasteiger partial charge on any atom is -0.383 e. The molecule has 4 nitrogen and oxygen atoms in total. The van der Waals surface area contributed by atoms with Gasteiger partial charge < -0.3 is 5.73 Å². The molecule has 0 saturated carbocycles. The minimum atomic E-state index is 0.106. The fourth-order valence-electron chi connectivity index (χ4n) is 1.00. The fourth-order valence-corrected chi connectivity index (χ4v) is 1.34. The minimum absolute atomic E-state index is 0.106. The molecule has 0 aliphatic heterocycles. The first kappa shape index (κ1) is 8.47. The molecule has 0 bridgehead atoms. The SMILES string of the molecule is Nc1nc(Cl)nc2cnc(Cl)cc12. The van der Waals surface area contributed by atoms with Gasteiger partial charge in [0.2, 0.25) is 5.28 Å². The van der Waals surface area contributed by atoms with Gasteiger partial charge in [0, 0.05) is 5.39 Å². The van der Waals surface area contributed by atoms with Crippen LogP contribution in [-0.2, 0) is 0 Å². The molecule has 2 rings (SSSR count). The van der Waals surface area contributed by atoms with Gasteiger partial charge in [-0.05, 0) is 17.7 Å². The van der Waals surface area contributed by atoms with E-state index in [0.717, 1.165) is 0 Å². The Morgan fingerprint density at radius 1 is 1.23 bits per heavy atom. The molecule has 66 valence electrons. The summed E-state index contributed by atoms with van der Waals surface area (Å²) in [5, 5.41) is 1.11. The number of rotatable bonds is 0. The molecule has 0 amide bonds. The van der Waals surface area contributed by atoms with Gasteiger partial charge in [-0.1, -0.05) is 11.6 Å². The predicted octanol–water partition coefficient (Wildman–Crippen LogP) is 1.91. The molecule has 0 aliphatic rings. The summed E-state index contributed by atoms with van der Waals surface area (Å²) in [6.45, 7) is 0. The first-order valence-electron chi connectivity index (χ1n) is 3.41. The molecule has 0 unspecified atom stereocenters. The second kappa shape index (κ2) is 2.97. The van der Waals surface area contributed by atoms with Crippen LogP contribution >= 0.6 is 23.2 Å². The topological polar surface area (TPSA) is 64.7 Å². The van der Waals surface area contributed by atoms with Crippen molar-refractivity contribution in [1.82, 2.24) is 15.0 Å². The van der Waals surface area contributed by atoms with Gasteiger partial charge in [0.15, 0.2) is 0 Å². The molecular formula is C7H4Cl2N4. The predicted molar refractivity (Wildman–Crippen MR) is 51.8 cm³/mol. The van der Waals surface area contributed by atoms with E-state index < -0.39 is 0 Å². The van der Waals surface area contributed by atoms with E-state index in [2.05, 4.69) is 15.0 Å². The number of pyridine rings is 1. The number of hydrogen-bond acceptors (Lipinski definition) is 4. The summed E-state index contributed by atoms with van der Waals surface area (Å²) in [6.07, 6.45) is 1.50. The van der Waals surface area contributed by atoms with E-state index in [-0.39, 0.29) is 5.28 Å². The van der Waals surface area contributed by atoms with Crippen LogP contribution in [0.2, 0.25) is 10.4 Å². The van der Waals surface area contributed by atoms with Gasteiger partial charge in [-0.25, -0.2) is 15.0 Å². The Kier molecular flexibility index (Phi) is 1.94. The Morgan fingerprint density at radius 3 is 2.77 bits per heavy atom. The number of nitrogens with two attached hydrogens (primary N) is 1. The Balaban J connectivity index is 2.87. The smallest absolute Gasteiger partial charge is 0.224 e. The maximum atomic E-state index is 5.68. The molecule has 2 N–H and O–H groups in total. The number of fused-ring (bicyclic) bond motifs is 1. The van der Waals surface area contributed by atoms with Crippen LogP contribution in [0.4, 0.5) is 5.82 Å². The van der Waals surface area contributed by atoms with Crippen LogP contribution in [0.3, 0.4) is 0 Å². The number of aromatic nitrogens is 3. The highest BCUT2D eigenvalue weighted by Crippen LogP contribution is 2.21. The van der Waals surface area contributed by atoms with Gasteiger partial charge >= 0.3 is 0 Å². The van der Waals surface area contributed by atoms with Crippen LogP contribution in [0.1, 0.15) is 0 Å². The number of nitrogen functional groups attached to an aromatic ring is 1. The highest BCUT2D eigenvalue weighted by atomic mass is 35.5. The van der Waals surface area contributed by atoms with E-state index in [9.17, 15) is 0 Å². The van der Waals surface area contributed by atoms with E-state index >= 15 is 0 Å². The van der Waals surface area contributed by atoms with Gasteiger partial charge in [0.1, 0.15) is 11.0 Å². The van der Waals surface area contributed by atoms with Crippen LogP contribution in [0.5, 0.6) is 0 Å². The summed E-state index contributed by atoms with van der Waals surface area (Å²) in [6, 6.07) is 1.60. The molecule has 2 heterocycles. The van der Waals surface area contributed by atoms with Crippen LogP contribution < -0.4 is 5.73 Å². The molecule has 2 aromatic rings. The lowest BCUT2D eigenvalue weighted by Crippen LogP contribution is -1.95. The molecule has 0 atom stereocenters. The molecule has 0 fully saturated rings. The van der Waals surface area contributed by atoms with Crippen molar-refractivity contribution < 1.29 is 0 Å². The van der Waals surface area contributed by atoms with Crippen LogP contribution in [0, 0.1) is 0 Å². The zero-order chi connectivity index (χ0) is 9.42. The van der Waals surface area contributed by atoms with E-state index in [1.807, 2.05) is 0 Å². The average Bonchev–Trinajstić information content (AvgIpc) is 2.06. The summed E-state index contributed by atoms with van der Waals surface area (Å²) in [5.74, 6) is 0.305. The van der Waals surface area contributed by atoms with Gasteiger partial charge in [-0.3, -0.25) is 0 Å². The van der Waals surface area contributed by atoms with Crippen molar-refractivity contribution in [1.29, 1.82) is 0 Å². The number of hydrogen-bond donors (Lipinski definition) is 1. The zero-order valence-corrected chi connectivity index (χ0v) is 7.84. The second-order valence-electron chi connectivity index (χ2n) is 2.40. The number of anilines is 1. The maximum absolute atomic E-state index is 5.68. The highest BCUT2D eigenvalue weighted by Gasteiger charge is 2.04. The molecule has 0 aliphatic carbocycles. The van der Waals surface area contributed by atoms with Crippen molar-refractivity contribution in [2.45, 2.75) is 0 Å². The van der Waals surface area contributed by atoms with Crippen LogP contribution in [0.25, 0.3) is 10.9 Å². The Bertz CT molecular complexity index is 471. The summed E-state index contributed by atoms with van der Waals surface area (Å²) in [7, 11) is 0. The van der Waals surface area contributed by atoms with Gasteiger partial charge in [-0.2, -0.15) is 0 Å². The highest BCUT2D eigenvalue weighted by molar-refractivity contribution is 6.30. The Morgan fingerprint density at radius 2 is 2.00 bits per heavy atom. The summed E-state index contributed by atoms with van der Waals surface area (Å²) < 4.78 is 0. The molecule has 2 aromatic heterocycles. The van der Waals surface area contributed by atoms with Crippen molar-refractivity contribution in [2.24, 2.45) is 0 Å². The molecular weight excluding hydrogens is 211 g/mol. The largest absolute Gasteiger partial charge is 0.383 e. The summed E-state index contributed by atoms with van der Waals surface area (Å²) in [5.41, 5.74) is 6.19. The van der Waals surface area contributed by atoms with Crippen molar-refractivity contribution >= 4 is 39.9 Å². The van der Waals surface area contributed by atoms with Crippen molar-refractivity contribution in [3.05, 3.63) is 22.7 Å². The molecule has 0 aromatic carbocycles. The van der Waals surface area contributed by atoms with E-state index in [4.69, 9.17) is 28.9 Å². The van der Waals surface area contributed by atoms with Crippen molar-refractivity contribution in [2.75, 3.05) is 5.73 Å². The molecule has 6 heteroatoms. The van der Waals surface area contributed by atoms with Crippen molar-refractivity contribution in [3.63, 3.8) is 0 Å². The molecule has 0 spiro atoms. The van der Waals surface area contributed by atoms with Crippen LogP contribution in [0.15, 0.2) is 12.3 Å². The lowest BCUT2D eigenvalue weighted by atomic mass is 10.3. The van der Waals surface area contributed by atoms with Crippen molar-refractivity contribution in [3.8, 4) is 0 Å². The normalized spacial score (nSPS) is 10.6. The Labute approximate surface area is 83.7 Å². The third kappa shape index (κ3) is 1.50. The second-order valence-corrected chi connectivity index (χ2v) is 3.13. The van der Waals surface area contributed by atoms with Gasteiger partial charge in [0.05, 0.1) is 11.7 Å². The third-order valence-electron chi connectivity index (χ3n) is 1.55.